The molecule has 1 aliphatic heterocycles. The molecule has 0 aromatic heterocycles. The van der Waals surface area contributed by atoms with Gasteiger partial charge in [-0.1, -0.05) is 47.3 Å². The van der Waals surface area contributed by atoms with E-state index in [1.54, 1.807) is 0 Å². The number of hydrogen-bond acceptors (Lipinski definition) is 1. The van der Waals surface area contributed by atoms with E-state index >= 15 is 0 Å². The van der Waals surface area contributed by atoms with Gasteiger partial charge in [0.05, 0.1) is 0 Å². The molecule has 1 heteroatoms. The Morgan fingerprint density at radius 2 is 1.71 bits per heavy atom. The van der Waals surface area contributed by atoms with Crippen LogP contribution in [0.5, 0.6) is 0 Å². The summed E-state index contributed by atoms with van der Waals surface area (Å²) in [6.45, 7) is 23.4. The van der Waals surface area contributed by atoms with Crippen LogP contribution >= 0.6 is 0 Å². The van der Waals surface area contributed by atoms with Crippen molar-refractivity contribution in [1.82, 2.24) is 5.32 Å². The third kappa shape index (κ3) is 11.4. The van der Waals surface area contributed by atoms with Gasteiger partial charge >= 0.3 is 0 Å². The standard InChI is InChI=1S/C10H17N.2C2H6.C2H4/c1-4-5-10-6-9(3)11-7-8(10)2;3*1-2/h5,9,11H,2,4,6-7H2,1,3H3;2*1-2H3;1-2H2/b10-5-;;;. The largest absolute Gasteiger partial charge is 0.310 e. The van der Waals surface area contributed by atoms with Crippen molar-refractivity contribution < 1.29 is 0 Å². The monoisotopic (exact) mass is 239 g/mol. The molecule has 1 atom stereocenters. The summed E-state index contributed by atoms with van der Waals surface area (Å²) < 4.78 is 0. The quantitative estimate of drug-likeness (QED) is 0.627. The second-order valence-corrected chi connectivity index (χ2v) is 3.23. The van der Waals surface area contributed by atoms with Gasteiger partial charge in [0.1, 0.15) is 0 Å². The first-order valence-electron chi connectivity index (χ1n) is 6.84. The predicted octanol–water partition coefficient (Wildman–Crippen LogP) is 5.12. The van der Waals surface area contributed by atoms with Crippen molar-refractivity contribution in [2.24, 2.45) is 0 Å². The Morgan fingerprint density at radius 3 is 2.12 bits per heavy atom. The van der Waals surface area contributed by atoms with Crippen LogP contribution in [0.2, 0.25) is 0 Å². The van der Waals surface area contributed by atoms with E-state index in [1.165, 1.54) is 11.1 Å². The van der Waals surface area contributed by atoms with Gasteiger partial charge in [0, 0.05) is 12.6 Å². The minimum atomic E-state index is 0.623. The third-order valence-corrected chi connectivity index (χ3v) is 2.09. The van der Waals surface area contributed by atoms with Gasteiger partial charge in [0.25, 0.3) is 0 Å². The maximum atomic E-state index is 4.02. The fourth-order valence-corrected chi connectivity index (χ4v) is 1.43. The number of piperidine rings is 1. The van der Waals surface area contributed by atoms with E-state index in [-0.39, 0.29) is 0 Å². The molecular weight excluding hydrogens is 206 g/mol. The molecule has 1 unspecified atom stereocenters. The van der Waals surface area contributed by atoms with Crippen LogP contribution < -0.4 is 5.32 Å². The van der Waals surface area contributed by atoms with E-state index < -0.39 is 0 Å². The Morgan fingerprint density at radius 1 is 1.24 bits per heavy atom. The summed E-state index contributed by atoms with van der Waals surface area (Å²) in [7, 11) is 0. The Balaban J connectivity index is -0.000000285. The smallest absolute Gasteiger partial charge is 0.0204 e. The Bertz CT molecular complexity index is 192. The number of nitrogens with one attached hydrogen (secondary N) is 1. The fourth-order valence-electron chi connectivity index (χ4n) is 1.43. The van der Waals surface area contributed by atoms with E-state index in [0.29, 0.717) is 6.04 Å². The van der Waals surface area contributed by atoms with Crippen molar-refractivity contribution in [3.63, 3.8) is 0 Å². The maximum Gasteiger partial charge on any atom is 0.0204 e. The van der Waals surface area contributed by atoms with Gasteiger partial charge in [0.15, 0.2) is 0 Å². The van der Waals surface area contributed by atoms with Gasteiger partial charge in [0.2, 0.25) is 0 Å². The molecule has 0 spiro atoms. The average Bonchev–Trinajstić information content (AvgIpc) is 2.41. The first-order valence-corrected chi connectivity index (χ1v) is 6.84. The van der Waals surface area contributed by atoms with Gasteiger partial charge in [-0.25, -0.2) is 0 Å². The van der Waals surface area contributed by atoms with Gasteiger partial charge in [-0.3, -0.25) is 0 Å². The van der Waals surface area contributed by atoms with Crippen LogP contribution in [-0.2, 0) is 0 Å². The first kappa shape index (κ1) is 21.5. The van der Waals surface area contributed by atoms with Crippen LogP contribution in [0, 0.1) is 0 Å². The molecule has 1 heterocycles. The molecule has 0 aliphatic carbocycles. The molecule has 1 rings (SSSR count). The van der Waals surface area contributed by atoms with Crippen LogP contribution in [0.15, 0.2) is 37.0 Å². The van der Waals surface area contributed by atoms with Crippen molar-refractivity contribution in [2.45, 2.75) is 60.4 Å². The minimum Gasteiger partial charge on any atom is -0.310 e. The maximum absolute atomic E-state index is 4.02. The van der Waals surface area contributed by atoms with E-state index in [4.69, 9.17) is 0 Å². The van der Waals surface area contributed by atoms with Crippen molar-refractivity contribution >= 4 is 0 Å². The SMILES string of the molecule is C=C.C=C1CNC(C)C/C1=C/CC.CC.CC. The van der Waals surface area contributed by atoms with Crippen LogP contribution in [-0.4, -0.2) is 12.6 Å². The lowest BCUT2D eigenvalue weighted by atomic mass is 9.95. The summed E-state index contributed by atoms with van der Waals surface area (Å²) in [5.74, 6) is 0. The van der Waals surface area contributed by atoms with Crippen LogP contribution in [0.25, 0.3) is 0 Å². The highest BCUT2D eigenvalue weighted by Gasteiger charge is 2.13. The first-order chi connectivity index (χ1) is 8.24. The average molecular weight is 239 g/mol. The number of hydrogen-bond donors (Lipinski definition) is 1. The Labute approximate surface area is 110 Å². The lowest BCUT2D eigenvalue weighted by Gasteiger charge is -2.24. The van der Waals surface area contributed by atoms with Crippen LogP contribution in [0.4, 0.5) is 0 Å². The van der Waals surface area contributed by atoms with E-state index in [1.807, 2.05) is 27.7 Å². The summed E-state index contributed by atoms with van der Waals surface area (Å²) in [5.41, 5.74) is 2.73. The normalized spacial score (nSPS) is 20.0. The predicted molar refractivity (Wildman–Crippen MR) is 83.5 cm³/mol. The molecule has 0 aromatic carbocycles. The zero-order valence-corrected chi connectivity index (χ0v) is 12.9. The highest BCUT2D eigenvalue weighted by molar-refractivity contribution is 5.32. The minimum absolute atomic E-state index is 0.623. The molecule has 0 saturated carbocycles. The molecular formula is C16H33N. The van der Waals surface area contributed by atoms with Crippen molar-refractivity contribution in [2.75, 3.05) is 6.54 Å². The zero-order chi connectivity index (χ0) is 14.3. The molecule has 17 heavy (non-hydrogen) atoms. The second-order valence-electron chi connectivity index (χ2n) is 3.23. The molecule has 0 aromatic rings. The summed E-state index contributed by atoms with van der Waals surface area (Å²) in [4.78, 5) is 0. The molecule has 1 fully saturated rings. The van der Waals surface area contributed by atoms with Crippen molar-refractivity contribution in [3.8, 4) is 0 Å². The summed E-state index contributed by atoms with van der Waals surface area (Å²) >= 11 is 0. The van der Waals surface area contributed by atoms with Gasteiger partial charge in [-0.15, -0.1) is 13.2 Å². The summed E-state index contributed by atoms with van der Waals surface area (Å²) in [5, 5.41) is 3.38. The molecule has 0 radical (unpaired) electrons. The van der Waals surface area contributed by atoms with E-state index in [9.17, 15) is 0 Å². The van der Waals surface area contributed by atoms with Crippen molar-refractivity contribution in [1.29, 1.82) is 0 Å². The highest BCUT2D eigenvalue weighted by atomic mass is 14.9. The lowest BCUT2D eigenvalue weighted by molar-refractivity contribution is 0.540. The molecule has 0 amide bonds. The van der Waals surface area contributed by atoms with Gasteiger partial charge < -0.3 is 5.32 Å². The molecule has 1 aliphatic rings. The lowest BCUT2D eigenvalue weighted by Crippen LogP contribution is -2.33. The number of rotatable bonds is 1. The second kappa shape index (κ2) is 17.6. The van der Waals surface area contributed by atoms with Gasteiger partial charge in [-0.05, 0) is 30.9 Å². The molecule has 1 N–H and O–H groups in total. The molecule has 1 nitrogen and oxygen atoms in total. The topological polar surface area (TPSA) is 12.0 Å². The van der Waals surface area contributed by atoms with E-state index in [2.05, 4.69) is 45.0 Å². The van der Waals surface area contributed by atoms with Crippen molar-refractivity contribution in [3.05, 3.63) is 37.0 Å². The third-order valence-electron chi connectivity index (χ3n) is 2.09. The molecule has 102 valence electrons. The fraction of sp³-hybridized carbons (Fsp3) is 0.625. The Hall–Kier alpha value is -0.820. The molecule has 0 bridgehead atoms. The van der Waals surface area contributed by atoms with Gasteiger partial charge in [-0.2, -0.15) is 0 Å². The van der Waals surface area contributed by atoms with Crippen LogP contribution in [0.3, 0.4) is 0 Å². The van der Waals surface area contributed by atoms with E-state index in [0.717, 1.165) is 19.4 Å². The zero-order valence-electron chi connectivity index (χ0n) is 12.9. The highest BCUT2D eigenvalue weighted by Crippen LogP contribution is 2.19. The van der Waals surface area contributed by atoms with Crippen LogP contribution in [0.1, 0.15) is 54.4 Å². The number of allylic oxidation sites excluding steroid dienone is 1. The Kier molecular flexibility index (Phi) is 22.2. The summed E-state index contributed by atoms with van der Waals surface area (Å²) in [6, 6.07) is 0.623. The molecule has 1 saturated heterocycles. The summed E-state index contributed by atoms with van der Waals surface area (Å²) in [6.07, 6.45) is 4.56.